The summed E-state index contributed by atoms with van der Waals surface area (Å²) in [5.74, 6) is 1.07. The Balaban J connectivity index is 2.22. The predicted molar refractivity (Wildman–Crippen MR) is 70.9 cm³/mol. The van der Waals surface area contributed by atoms with E-state index in [4.69, 9.17) is 0 Å². The molecular weight excluding hydrogens is 210 g/mol. The van der Waals surface area contributed by atoms with Crippen LogP contribution in [0.4, 0.5) is 0 Å². The molecule has 0 radical (unpaired) electrons. The highest BCUT2D eigenvalue weighted by atomic mass is 15.1. The van der Waals surface area contributed by atoms with Gasteiger partial charge in [-0.05, 0) is 32.5 Å². The lowest BCUT2D eigenvalue weighted by molar-refractivity contribution is 0.617. The fraction of sp³-hybridized carbons (Fsp3) is 0.357. The van der Waals surface area contributed by atoms with Crippen LogP contribution in [-0.4, -0.2) is 23.1 Å². The summed E-state index contributed by atoms with van der Waals surface area (Å²) in [4.78, 5) is 4.47. The highest BCUT2D eigenvalue weighted by molar-refractivity contribution is 5.60. The maximum atomic E-state index is 4.47. The Hall–Kier alpha value is -1.61. The summed E-state index contributed by atoms with van der Waals surface area (Å²) in [6.45, 7) is 4.16. The third-order valence-electron chi connectivity index (χ3n) is 2.93. The molecule has 3 heteroatoms. The number of aromatic nitrogens is 2. The SMILES string of the molecule is CNCCCn1ccnc1-c1ccccc1C. The minimum atomic E-state index is 1.00. The molecule has 0 amide bonds. The Morgan fingerprint density at radius 3 is 2.88 bits per heavy atom. The van der Waals surface area contributed by atoms with Crippen LogP contribution in [0, 0.1) is 6.92 Å². The number of benzene rings is 1. The molecule has 90 valence electrons. The van der Waals surface area contributed by atoms with Crippen LogP contribution < -0.4 is 5.32 Å². The van der Waals surface area contributed by atoms with E-state index in [-0.39, 0.29) is 0 Å². The summed E-state index contributed by atoms with van der Waals surface area (Å²) >= 11 is 0. The molecule has 0 aliphatic heterocycles. The molecule has 1 aromatic carbocycles. The van der Waals surface area contributed by atoms with Gasteiger partial charge in [-0.2, -0.15) is 0 Å². The van der Waals surface area contributed by atoms with Crippen LogP contribution >= 0.6 is 0 Å². The first kappa shape index (κ1) is 11.9. The molecule has 0 spiro atoms. The van der Waals surface area contributed by atoms with Crippen molar-refractivity contribution in [3.8, 4) is 11.4 Å². The van der Waals surface area contributed by atoms with Gasteiger partial charge in [0.05, 0.1) is 0 Å². The van der Waals surface area contributed by atoms with Crippen molar-refractivity contribution in [2.45, 2.75) is 19.9 Å². The smallest absolute Gasteiger partial charge is 0.140 e. The van der Waals surface area contributed by atoms with Crippen molar-refractivity contribution >= 4 is 0 Å². The number of rotatable bonds is 5. The topological polar surface area (TPSA) is 29.9 Å². The van der Waals surface area contributed by atoms with Crippen molar-refractivity contribution < 1.29 is 0 Å². The first-order valence-corrected chi connectivity index (χ1v) is 6.04. The van der Waals surface area contributed by atoms with Crippen molar-refractivity contribution in [1.82, 2.24) is 14.9 Å². The number of hydrogen-bond acceptors (Lipinski definition) is 2. The zero-order chi connectivity index (χ0) is 12.1. The Bertz CT molecular complexity index is 474. The molecule has 0 aliphatic rings. The van der Waals surface area contributed by atoms with Gasteiger partial charge in [-0.25, -0.2) is 4.98 Å². The average Bonchev–Trinajstić information content (AvgIpc) is 2.78. The van der Waals surface area contributed by atoms with Crippen molar-refractivity contribution in [2.24, 2.45) is 0 Å². The third kappa shape index (κ3) is 2.74. The molecule has 1 N–H and O–H groups in total. The van der Waals surface area contributed by atoms with Gasteiger partial charge in [0.15, 0.2) is 0 Å². The van der Waals surface area contributed by atoms with Crippen molar-refractivity contribution in [3.05, 3.63) is 42.2 Å². The fourth-order valence-corrected chi connectivity index (χ4v) is 1.98. The molecule has 0 saturated carbocycles. The van der Waals surface area contributed by atoms with Crippen LogP contribution in [0.1, 0.15) is 12.0 Å². The quantitative estimate of drug-likeness (QED) is 0.798. The molecular formula is C14H19N3. The molecule has 2 rings (SSSR count). The number of nitrogens with one attached hydrogen (secondary N) is 1. The lowest BCUT2D eigenvalue weighted by Gasteiger charge is -2.09. The summed E-state index contributed by atoms with van der Waals surface area (Å²) in [7, 11) is 1.98. The van der Waals surface area contributed by atoms with Gasteiger partial charge in [0.25, 0.3) is 0 Å². The molecule has 0 bridgehead atoms. The summed E-state index contributed by atoms with van der Waals surface area (Å²) in [6.07, 6.45) is 5.05. The molecule has 17 heavy (non-hydrogen) atoms. The number of hydrogen-bond donors (Lipinski definition) is 1. The molecule has 3 nitrogen and oxygen atoms in total. The Morgan fingerprint density at radius 1 is 1.29 bits per heavy atom. The molecule has 0 fully saturated rings. The monoisotopic (exact) mass is 229 g/mol. The van der Waals surface area contributed by atoms with Gasteiger partial charge in [0, 0.05) is 24.5 Å². The van der Waals surface area contributed by atoms with Gasteiger partial charge in [0.1, 0.15) is 5.82 Å². The third-order valence-corrected chi connectivity index (χ3v) is 2.93. The molecule has 0 saturated heterocycles. The van der Waals surface area contributed by atoms with Gasteiger partial charge < -0.3 is 9.88 Å². The van der Waals surface area contributed by atoms with Crippen LogP contribution in [0.5, 0.6) is 0 Å². The van der Waals surface area contributed by atoms with E-state index in [9.17, 15) is 0 Å². The largest absolute Gasteiger partial charge is 0.331 e. The second-order valence-electron chi connectivity index (χ2n) is 4.22. The van der Waals surface area contributed by atoms with Gasteiger partial charge in [-0.15, -0.1) is 0 Å². The molecule has 1 heterocycles. The summed E-state index contributed by atoms with van der Waals surface area (Å²) in [5, 5.41) is 3.17. The zero-order valence-corrected chi connectivity index (χ0v) is 10.5. The van der Waals surface area contributed by atoms with E-state index in [0.717, 1.165) is 25.3 Å². The molecule has 1 aromatic heterocycles. The van der Waals surface area contributed by atoms with Gasteiger partial charge in [0.2, 0.25) is 0 Å². The van der Waals surface area contributed by atoms with Crippen LogP contribution in [0.15, 0.2) is 36.7 Å². The number of nitrogens with zero attached hydrogens (tertiary/aromatic N) is 2. The normalized spacial score (nSPS) is 10.7. The summed E-state index contributed by atoms with van der Waals surface area (Å²) in [6, 6.07) is 8.39. The Labute approximate surface area is 103 Å². The van der Waals surface area contributed by atoms with Gasteiger partial charge >= 0.3 is 0 Å². The van der Waals surface area contributed by atoms with Crippen LogP contribution in [0.2, 0.25) is 0 Å². The van der Waals surface area contributed by atoms with E-state index >= 15 is 0 Å². The van der Waals surface area contributed by atoms with Crippen molar-refractivity contribution in [2.75, 3.05) is 13.6 Å². The van der Waals surface area contributed by atoms with Crippen molar-refractivity contribution in [1.29, 1.82) is 0 Å². The molecule has 2 aromatic rings. The number of aryl methyl sites for hydroxylation is 2. The molecule has 0 unspecified atom stereocenters. The minimum Gasteiger partial charge on any atom is -0.331 e. The number of imidazole rings is 1. The summed E-state index contributed by atoms with van der Waals surface area (Å²) in [5.41, 5.74) is 2.50. The molecule has 0 atom stereocenters. The highest BCUT2D eigenvalue weighted by Crippen LogP contribution is 2.21. The zero-order valence-electron chi connectivity index (χ0n) is 10.5. The maximum absolute atomic E-state index is 4.47. The Morgan fingerprint density at radius 2 is 2.12 bits per heavy atom. The van der Waals surface area contributed by atoms with Gasteiger partial charge in [-0.3, -0.25) is 0 Å². The maximum Gasteiger partial charge on any atom is 0.140 e. The van der Waals surface area contributed by atoms with E-state index in [1.807, 2.05) is 13.2 Å². The average molecular weight is 229 g/mol. The van der Waals surface area contributed by atoms with E-state index in [1.165, 1.54) is 11.1 Å². The van der Waals surface area contributed by atoms with Crippen molar-refractivity contribution in [3.63, 3.8) is 0 Å². The van der Waals surface area contributed by atoms with Crippen LogP contribution in [0.3, 0.4) is 0 Å². The second-order valence-corrected chi connectivity index (χ2v) is 4.22. The minimum absolute atomic E-state index is 1.00. The molecule has 0 aliphatic carbocycles. The fourth-order valence-electron chi connectivity index (χ4n) is 1.98. The summed E-state index contributed by atoms with van der Waals surface area (Å²) < 4.78 is 2.22. The van der Waals surface area contributed by atoms with E-state index in [0.29, 0.717) is 0 Å². The van der Waals surface area contributed by atoms with E-state index < -0.39 is 0 Å². The lowest BCUT2D eigenvalue weighted by Crippen LogP contribution is -2.11. The van der Waals surface area contributed by atoms with E-state index in [1.54, 1.807) is 0 Å². The van der Waals surface area contributed by atoms with Crippen LogP contribution in [-0.2, 0) is 6.54 Å². The first-order chi connectivity index (χ1) is 8.33. The standard InChI is InChI=1S/C14H19N3/c1-12-6-3-4-7-13(12)14-16-9-11-17(14)10-5-8-15-2/h3-4,6-7,9,11,15H,5,8,10H2,1-2H3. The van der Waals surface area contributed by atoms with Gasteiger partial charge in [-0.1, -0.05) is 24.3 Å². The Kier molecular flexibility index (Phi) is 3.94. The second kappa shape index (κ2) is 5.64. The lowest BCUT2D eigenvalue weighted by atomic mass is 10.1. The van der Waals surface area contributed by atoms with Crippen LogP contribution in [0.25, 0.3) is 11.4 Å². The first-order valence-electron chi connectivity index (χ1n) is 6.04. The van der Waals surface area contributed by atoms with E-state index in [2.05, 4.69) is 52.3 Å². The predicted octanol–water partition coefficient (Wildman–Crippen LogP) is 2.47. The highest BCUT2D eigenvalue weighted by Gasteiger charge is 2.07.